The minimum absolute atomic E-state index is 0.0988. The van der Waals surface area contributed by atoms with Crippen molar-refractivity contribution in [3.05, 3.63) is 68.5 Å². The van der Waals surface area contributed by atoms with Crippen molar-refractivity contribution in [3.63, 3.8) is 0 Å². The molecule has 2 aromatic rings. The number of nitrogens with zero attached hydrogens (tertiary/aromatic N) is 1. The maximum Gasteiger partial charge on any atom is 0.337 e. The van der Waals surface area contributed by atoms with Crippen molar-refractivity contribution >= 4 is 21.9 Å². The first-order valence-corrected chi connectivity index (χ1v) is 6.04. The van der Waals surface area contributed by atoms with Crippen molar-refractivity contribution in [2.45, 2.75) is 6.54 Å². The number of aromatic nitrogens is 1. The fraction of sp³-hybridized carbons (Fsp3) is 0.0769. The molecule has 0 aliphatic rings. The summed E-state index contributed by atoms with van der Waals surface area (Å²) in [5.74, 6) is -1.05. The normalized spacial score (nSPS) is 10.3. The molecule has 1 N–H and O–H groups in total. The van der Waals surface area contributed by atoms with E-state index in [0.717, 1.165) is 10.0 Å². The van der Waals surface area contributed by atoms with Crippen LogP contribution in [0, 0.1) is 0 Å². The molecule has 1 aromatic heterocycles. The van der Waals surface area contributed by atoms with E-state index in [0.29, 0.717) is 6.54 Å². The van der Waals surface area contributed by atoms with E-state index in [1.54, 1.807) is 0 Å². The molecule has 4 nitrogen and oxygen atoms in total. The number of benzene rings is 1. The van der Waals surface area contributed by atoms with Gasteiger partial charge >= 0.3 is 5.97 Å². The first kappa shape index (κ1) is 12.6. The SMILES string of the molecule is O=C(O)c1ccc(=O)n(Cc2ccccc2Br)c1. The van der Waals surface area contributed by atoms with Crippen molar-refractivity contribution in [1.29, 1.82) is 0 Å². The Labute approximate surface area is 112 Å². The zero-order chi connectivity index (χ0) is 13.1. The Kier molecular flexibility index (Phi) is 3.62. The fourth-order valence-corrected chi connectivity index (χ4v) is 2.00. The average Bonchev–Trinajstić information content (AvgIpc) is 2.34. The molecule has 5 heteroatoms. The summed E-state index contributed by atoms with van der Waals surface area (Å²) in [7, 11) is 0. The highest BCUT2D eigenvalue weighted by molar-refractivity contribution is 9.10. The van der Waals surface area contributed by atoms with E-state index in [2.05, 4.69) is 15.9 Å². The zero-order valence-corrected chi connectivity index (χ0v) is 10.9. The number of rotatable bonds is 3. The third-order valence-corrected chi connectivity index (χ3v) is 3.30. The van der Waals surface area contributed by atoms with Gasteiger partial charge in [-0.1, -0.05) is 34.1 Å². The molecule has 2 rings (SSSR count). The Morgan fingerprint density at radius 2 is 1.94 bits per heavy atom. The molecule has 0 radical (unpaired) electrons. The van der Waals surface area contributed by atoms with Crippen LogP contribution in [-0.4, -0.2) is 15.6 Å². The minimum Gasteiger partial charge on any atom is -0.478 e. The lowest BCUT2D eigenvalue weighted by atomic mass is 10.2. The molecule has 0 bridgehead atoms. The number of halogens is 1. The van der Waals surface area contributed by atoms with Gasteiger partial charge in [-0.2, -0.15) is 0 Å². The third-order valence-electron chi connectivity index (χ3n) is 2.53. The van der Waals surface area contributed by atoms with Crippen LogP contribution in [-0.2, 0) is 6.54 Å². The summed E-state index contributed by atoms with van der Waals surface area (Å²) in [4.78, 5) is 22.5. The number of pyridine rings is 1. The maximum atomic E-state index is 11.7. The molecule has 0 amide bonds. The number of carboxylic acid groups (broad SMARTS) is 1. The predicted octanol–water partition coefficient (Wildman–Crippen LogP) is 2.36. The largest absolute Gasteiger partial charge is 0.478 e. The van der Waals surface area contributed by atoms with Crippen LogP contribution in [0.5, 0.6) is 0 Å². The van der Waals surface area contributed by atoms with Crippen LogP contribution in [0.25, 0.3) is 0 Å². The van der Waals surface area contributed by atoms with Gasteiger partial charge in [0.05, 0.1) is 12.1 Å². The number of aromatic carboxylic acids is 1. The summed E-state index contributed by atoms with van der Waals surface area (Å²) in [5.41, 5.74) is 0.791. The first-order chi connectivity index (χ1) is 8.58. The lowest BCUT2D eigenvalue weighted by Gasteiger charge is -2.08. The van der Waals surface area contributed by atoms with Gasteiger partial charge in [-0.3, -0.25) is 4.79 Å². The molecule has 0 atom stereocenters. The standard InChI is InChI=1S/C13H10BrNO3/c14-11-4-2-1-3-9(11)7-15-8-10(13(17)18)5-6-12(15)16/h1-6,8H,7H2,(H,17,18). The van der Waals surface area contributed by atoms with E-state index >= 15 is 0 Å². The van der Waals surface area contributed by atoms with Gasteiger partial charge < -0.3 is 9.67 Å². The molecule has 1 heterocycles. The highest BCUT2D eigenvalue weighted by Crippen LogP contribution is 2.16. The van der Waals surface area contributed by atoms with E-state index in [1.807, 2.05) is 24.3 Å². The van der Waals surface area contributed by atoms with Gasteiger partial charge in [0.2, 0.25) is 0 Å². The second-order valence-corrected chi connectivity index (χ2v) is 4.63. The molecule has 0 spiro atoms. The molecule has 0 aliphatic heterocycles. The zero-order valence-electron chi connectivity index (χ0n) is 9.34. The van der Waals surface area contributed by atoms with Gasteiger partial charge in [-0.15, -0.1) is 0 Å². The van der Waals surface area contributed by atoms with Crippen molar-refractivity contribution in [1.82, 2.24) is 4.57 Å². The quantitative estimate of drug-likeness (QED) is 0.947. The van der Waals surface area contributed by atoms with Crippen LogP contribution in [0.2, 0.25) is 0 Å². The van der Waals surface area contributed by atoms with E-state index in [-0.39, 0.29) is 11.1 Å². The predicted molar refractivity (Wildman–Crippen MR) is 70.9 cm³/mol. The molecule has 0 saturated heterocycles. The molecular formula is C13H10BrNO3. The van der Waals surface area contributed by atoms with E-state index in [9.17, 15) is 9.59 Å². The smallest absolute Gasteiger partial charge is 0.337 e. The topological polar surface area (TPSA) is 59.3 Å². The maximum absolute atomic E-state index is 11.7. The van der Waals surface area contributed by atoms with E-state index in [4.69, 9.17) is 5.11 Å². The number of hydrogen-bond donors (Lipinski definition) is 1. The van der Waals surface area contributed by atoms with Crippen LogP contribution < -0.4 is 5.56 Å². The minimum atomic E-state index is -1.05. The van der Waals surface area contributed by atoms with Gasteiger partial charge in [0, 0.05) is 16.7 Å². The van der Waals surface area contributed by atoms with Gasteiger partial charge in [-0.05, 0) is 17.7 Å². The van der Waals surface area contributed by atoms with Crippen molar-refractivity contribution in [2.75, 3.05) is 0 Å². The average molecular weight is 308 g/mol. The van der Waals surface area contributed by atoms with Crippen LogP contribution in [0.15, 0.2) is 51.9 Å². The lowest BCUT2D eigenvalue weighted by molar-refractivity contribution is 0.0696. The monoisotopic (exact) mass is 307 g/mol. The van der Waals surface area contributed by atoms with Crippen LogP contribution >= 0.6 is 15.9 Å². The number of hydrogen-bond acceptors (Lipinski definition) is 2. The van der Waals surface area contributed by atoms with E-state index < -0.39 is 5.97 Å². The van der Waals surface area contributed by atoms with Crippen molar-refractivity contribution < 1.29 is 9.90 Å². The number of carboxylic acids is 1. The van der Waals surface area contributed by atoms with Gasteiger partial charge in [0.15, 0.2) is 0 Å². The molecule has 92 valence electrons. The molecule has 1 aromatic carbocycles. The third kappa shape index (κ3) is 2.68. The Hall–Kier alpha value is -1.88. The number of carbonyl (C=O) groups is 1. The van der Waals surface area contributed by atoms with Gasteiger partial charge in [0.1, 0.15) is 0 Å². The summed E-state index contributed by atoms with van der Waals surface area (Å²) >= 11 is 3.39. The fourth-order valence-electron chi connectivity index (χ4n) is 1.59. The lowest BCUT2D eigenvalue weighted by Crippen LogP contribution is -2.20. The van der Waals surface area contributed by atoms with Gasteiger partial charge in [-0.25, -0.2) is 4.79 Å². The summed E-state index contributed by atoms with van der Waals surface area (Å²) in [6.07, 6.45) is 1.35. The highest BCUT2D eigenvalue weighted by atomic mass is 79.9. The molecule has 0 fully saturated rings. The second-order valence-electron chi connectivity index (χ2n) is 3.78. The molecule has 18 heavy (non-hydrogen) atoms. The first-order valence-electron chi connectivity index (χ1n) is 5.25. The molecule has 0 saturated carbocycles. The summed E-state index contributed by atoms with van der Waals surface area (Å²) < 4.78 is 2.27. The highest BCUT2D eigenvalue weighted by Gasteiger charge is 2.06. The molecular weight excluding hydrogens is 298 g/mol. The van der Waals surface area contributed by atoms with Gasteiger partial charge in [0.25, 0.3) is 5.56 Å². The Morgan fingerprint density at radius 3 is 2.61 bits per heavy atom. The Balaban J connectivity index is 2.40. The Morgan fingerprint density at radius 1 is 1.22 bits per heavy atom. The van der Waals surface area contributed by atoms with Crippen molar-refractivity contribution in [2.24, 2.45) is 0 Å². The summed E-state index contributed by atoms with van der Waals surface area (Å²) in [5, 5.41) is 8.90. The van der Waals surface area contributed by atoms with Crippen LogP contribution in [0.1, 0.15) is 15.9 Å². The second kappa shape index (κ2) is 5.18. The van der Waals surface area contributed by atoms with Crippen LogP contribution in [0.3, 0.4) is 0 Å². The summed E-state index contributed by atoms with van der Waals surface area (Å²) in [6, 6.07) is 10.1. The molecule has 0 unspecified atom stereocenters. The summed E-state index contributed by atoms with van der Waals surface area (Å²) in [6.45, 7) is 0.335. The van der Waals surface area contributed by atoms with Crippen molar-refractivity contribution in [3.8, 4) is 0 Å². The van der Waals surface area contributed by atoms with E-state index in [1.165, 1.54) is 22.9 Å². The Bertz CT molecular complexity index is 649. The molecule has 0 aliphatic carbocycles. The van der Waals surface area contributed by atoms with Crippen LogP contribution in [0.4, 0.5) is 0 Å².